The van der Waals surface area contributed by atoms with Crippen molar-refractivity contribution in [3.8, 4) is 0 Å². The van der Waals surface area contributed by atoms with Gasteiger partial charge in [0.15, 0.2) is 0 Å². The zero-order valence-electron chi connectivity index (χ0n) is 10.5. The summed E-state index contributed by atoms with van der Waals surface area (Å²) in [6.45, 7) is 7.04. The van der Waals surface area contributed by atoms with E-state index in [0.717, 1.165) is 5.92 Å². The summed E-state index contributed by atoms with van der Waals surface area (Å²) < 4.78 is 0. The van der Waals surface area contributed by atoms with Gasteiger partial charge >= 0.3 is 0 Å². The Bertz CT molecular complexity index is 326. The van der Waals surface area contributed by atoms with Crippen LogP contribution in [0.15, 0.2) is 24.3 Å². The van der Waals surface area contributed by atoms with Crippen molar-refractivity contribution in [2.24, 2.45) is 5.92 Å². The van der Waals surface area contributed by atoms with E-state index in [1.54, 1.807) is 5.56 Å². The summed E-state index contributed by atoms with van der Waals surface area (Å²) in [6.07, 6.45) is 4.07. The Hall–Kier alpha value is -0.820. The van der Waals surface area contributed by atoms with Gasteiger partial charge in [-0.15, -0.1) is 0 Å². The van der Waals surface area contributed by atoms with Crippen LogP contribution in [0.25, 0.3) is 0 Å². The van der Waals surface area contributed by atoms with E-state index in [9.17, 15) is 0 Å². The fourth-order valence-corrected chi connectivity index (χ4v) is 2.88. The first kappa shape index (κ1) is 11.7. The van der Waals surface area contributed by atoms with E-state index in [1.807, 2.05) is 0 Å². The Morgan fingerprint density at radius 3 is 2.62 bits per heavy atom. The van der Waals surface area contributed by atoms with E-state index in [4.69, 9.17) is 0 Å². The molecule has 1 heteroatoms. The van der Waals surface area contributed by atoms with Crippen molar-refractivity contribution in [3.63, 3.8) is 0 Å². The van der Waals surface area contributed by atoms with Gasteiger partial charge in [0.2, 0.25) is 0 Å². The van der Waals surface area contributed by atoms with Crippen LogP contribution in [0.5, 0.6) is 0 Å². The number of hydrogen-bond donors (Lipinski definition) is 1. The number of hydrogen-bond acceptors (Lipinski definition) is 1. The van der Waals surface area contributed by atoms with Crippen molar-refractivity contribution in [1.82, 2.24) is 5.32 Å². The van der Waals surface area contributed by atoms with Crippen LogP contribution in [-0.4, -0.2) is 13.1 Å². The molecule has 1 aromatic rings. The predicted molar refractivity (Wildman–Crippen MR) is 69.8 cm³/mol. The van der Waals surface area contributed by atoms with Gasteiger partial charge in [-0.05, 0) is 62.2 Å². The minimum Gasteiger partial charge on any atom is -0.317 e. The lowest BCUT2D eigenvalue weighted by atomic mass is 9.84. The molecule has 1 nitrogen and oxygen atoms in total. The van der Waals surface area contributed by atoms with Crippen LogP contribution >= 0.6 is 0 Å². The molecule has 1 atom stereocenters. The second-order valence-electron chi connectivity index (χ2n) is 5.19. The zero-order chi connectivity index (χ0) is 11.4. The van der Waals surface area contributed by atoms with Gasteiger partial charge in [0.05, 0.1) is 0 Å². The SMILES string of the molecule is Cc1ccccc1C(C)CC1CCNCC1. The van der Waals surface area contributed by atoms with E-state index in [1.165, 1.54) is 37.9 Å². The van der Waals surface area contributed by atoms with Gasteiger partial charge in [-0.3, -0.25) is 0 Å². The number of nitrogens with one attached hydrogen (secondary N) is 1. The fourth-order valence-electron chi connectivity index (χ4n) is 2.88. The first-order valence-electron chi connectivity index (χ1n) is 6.53. The fraction of sp³-hybridized carbons (Fsp3) is 0.600. The molecule has 1 aliphatic rings. The highest BCUT2D eigenvalue weighted by Gasteiger charge is 2.17. The van der Waals surface area contributed by atoms with Crippen LogP contribution in [0, 0.1) is 12.8 Å². The number of rotatable bonds is 3. The quantitative estimate of drug-likeness (QED) is 0.817. The predicted octanol–water partition coefficient (Wildman–Crippen LogP) is 3.49. The monoisotopic (exact) mass is 217 g/mol. The molecule has 16 heavy (non-hydrogen) atoms. The average Bonchev–Trinajstić information content (AvgIpc) is 2.31. The Balaban J connectivity index is 1.96. The zero-order valence-corrected chi connectivity index (χ0v) is 10.5. The molecule has 1 unspecified atom stereocenters. The average molecular weight is 217 g/mol. The van der Waals surface area contributed by atoms with E-state index >= 15 is 0 Å². The van der Waals surface area contributed by atoms with Gasteiger partial charge < -0.3 is 5.32 Å². The van der Waals surface area contributed by atoms with Gasteiger partial charge in [-0.25, -0.2) is 0 Å². The summed E-state index contributed by atoms with van der Waals surface area (Å²) in [4.78, 5) is 0. The summed E-state index contributed by atoms with van der Waals surface area (Å²) in [5.41, 5.74) is 2.99. The highest BCUT2D eigenvalue weighted by atomic mass is 14.9. The van der Waals surface area contributed by atoms with Crippen molar-refractivity contribution in [2.45, 2.75) is 39.0 Å². The molecule has 1 aromatic carbocycles. The second-order valence-corrected chi connectivity index (χ2v) is 5.19. The molecule has 1 fully saturated rings. The first-order chi connectivity index (χ1) is 7.77. The molecule has 2 rings (SSSR count). The largest absolute Gasteiger partial charge is 0.317 e. The van der Waals surface area contributed by atoms with Crippen LogP contribution < -0.4 is 5.32 Å². The van der Waals surface area contributed by atoms with Crippen molar-refractivity contribution >= 4 is 0 Å². The lowest BCUT2D eigenvalue weighted by Crippen LogP contribution is -2.28. The van der Waals surface area contributed by atoms with Crippen molar-refractivity contribution in [2.75, 3.05) is 13.1 Å². The highest BCUT2D eigenvalue weighted by molar-refractivity contribution is 5.28. The maximum absolute atomic E-state index is 3.44. The third kappa shape index (κ3) is 2.85. The third-order valence-electron chi connectivity index (χ3n) is 3.86. The summed E-state index contributed by atoms with van der Waals surface area (Å²) in [6, 6.07) is 8.83. The second kappa shape index (κ2) is 5.49. The molecule has 0 spiro atoms. The topological polar surface area (TPSA) is 12.0 Å². The summed E-state index contributed by atoms with van der Waals surface area (Å²) >= 11 is 0. The molecular weight excluding hydrogens is 194 g/mol. The maximum Gasteiger partial charge on any atom is -0.00463 e. The van der Waals surface area contributed by atoms with Gasteiger partial charge in [0, 0.05) is 0 Å². The molecular formula is C15H23N. The van der Waals surface area contributed by atoms with Crippen LogP contribution in [0.2, 0.25) is 0 Å². The highest BCUT2D eigenvalue weighted by Crippen LogP contribution is 2.29. The van der Waals surface area contributed by atoms with Crippen LogP contribution in [0.4, 0.5) is 0 Å². The van der Waals surface area contributed by atoms with Crippen LogP contribution in [0.1, 0.15) is 43.2 Å². The van der Waals surface area contributed by atoms with E-state index < -0.39 is 0 Å². The minimum absolute atomic E-state index is 0.712. The molecule has 0 bridgehead atoms. The summed E-state index contributed by atoms with van der Waals surface area (Å²) in [5, 5.41) is 3.44. The molecule has 1 saturated heterocycles. The van der Waals surface area contributed by atoms with Gasteiger partial charge in [-0.1, -0.05) is 31.2 Å². The Kier molecular flexibility index (Phi) is 4.00. The molecule has 0 saturated carbocycles. The molecule has 88 valence electrons. The van der Waals surface area contributed by atoms with E-state index in [2.05, 4.69) is 43.4 Å². The van der Waals surface area contributed by atoms with Crippen molar-refractivity contribution < 1.29 is 0 Å². The molecule has 0 aromatic heterocycles. The van der Waals surface area contributed by atoms with E-state index in [0.29, 0.717) is 5.92 Å². The van der Waals surface area contributed by atoms with Crippen LogP contribution in [-0.2, 0) is 0 Å². The van der Waals surface area contributed by atoms with E-state index in [-0.39, 0.29) is 0 Å². The smallest absolute Gasteiger partial charge is 0.00463 e. The first-order valence-corrected chi connectivity index (χ1v) is 6.53. The lowest BCUT2D eigenvalue weighted by Gasteiger charge is -2.26. The van der Waals surface area contributed by atoms with Crippen molar-refractivity contribution in [3.05, 3.63) is 35.4 Å². The van der Waals surface area contributed by atoms with Crippen LogP contribution in [0.3, 0.4) is 0 Å². The molecule has 0 aliphatic carbocycles. The van der Waals surface area contributed by atoms with Gasteiger partial charge in [0.1, 0.15) is 0 Å². The molecule has 1 aliphatic heterocycles. The molecule has 0 radical (unpaired) electrons. The summed E-state index contributed by atoms with van der Waals surface area (Å²) in [7, 11) is 0. The minimum atomic E-state index is 0.712. The summed E-state index contributed by atoms with van der Waals surface area (Å²) in [5.74, 6) is 1.64. The molecule has 0 amide bonds. The van der Waals surface area contributed by atoms with Gasteiger partial charge in [-0.2, -0.15) is 0 Å². The maximum atomic E-state index is 3.44. The standard InChI is InChI=1S/C15H23N/c1-12-5-3-4-6-15(12)13(2)11-14-7-9-16-10-8-14/h3-6,13-14,16H,7-11H2,1-2H3. The lowest BCUT2D eigenvalue weighted by molar-refractivity contribution is 0.336. The molecule has 1 N–H and O–H groups in total. The normalized spacial score (nSPS) is 19.6. The van der Waals surface area contributed by atoms with Gasteiger partial charge in [0.25, 0.3) is 0 Å². The number of benzene rings is 1. The third-order valence-corrected chi connectivity index (χ3v) is 3.86. The number of aryl methyl sites for hydroxylation is 1. The number of piperidine rings is 1. The van der Waals surface area contributed by atoms with Crippen molar-refractivity contribution in [1.29, 1.82) is 0 Å². The Morgan fingerprint density at radius 2 is 1.94 bits per heavy atom. The molecule has 1 heterocycles. The Labute approximate surface area is 99.3 Å². The Morgan fingerprint density at radius 1 is 1.25 bits per heavy atom.